The van der Waals surface area contributed by atoms with Crippen molar-refractivity contribution in [3.63, 3.8) is 0 Å². The molecule has 0 radical (unpaired) electrons. The fourth-order valence-corrected chi connectivity index (χ4v) is 2.25. The number of aromatic nitrogens is 1. The van der Waals surface area contributed by atoms with Crippen molar-refractivity contribution in [1.82, 2.24) is 15.2 Å². The Morgan fingerprint density at radius 1 is 0.952 bits per heavy atom. The molecular formula is C18H25N3. The van der Waals surface area contributed by atoms with E-state index in [0.29, 0.717) is 6.04 Å². The number of hydrogen-bond donors (Lipinski definition) is 1. The molecule has 112 valence electrons. The van der Waals surface area contributed by atoms with E-state index in [1.54, 1.807) is 0 Å². The van der Waals surface area contributed by atoms with Gasteiger partial charge in [0.1, 0.15) is 0 Å². The van der Waals surface area contributed by atoms with Crippen LogP contribution in [0.1, 0.15) is 30.8 Å². The smallest absolute Gasteiger partial charge is 0.0547 e. The number of hydrogen-bond acceptors (Lipinski definition) is 3. The Kier molecular flexibility index (Phi) is 5.90. The van der Waals surface area contributed by atoms with Gasteiger partial charge in [-0.05, 0) is 24.7 Å². The van der Waals surface area contributed by atoms with Gasteiger partial charge in [-0.1, -0.05) is 50.2 Å². The SMILES string of the molecule is CC(C)NCc1cccc(CN(C)Cc2ccccc2)n1. The summed E-state index contributed by atoms with van der Waals surface area (Å²) in [7, 11) is 2.13. The summed E-state index contributed by atoms with van der Waals surface area (Å²) in [6.07, 6.45) is 0. The second kappa shape index (κ2) is 7.91. The van der Waals surface area contributed by atoms with Crippen LogP contribution < -0.4 is 5.32 Å². The lowest BCUT2D eigenvalue weighted by atomic mass is 10.2. The van der Waals surface area contributed by atoms with Crippen molar-refractivity contribution >= 4 is 0 Å². The molecule has 1 N–H and O–H groups in total. The Bertz CT molecular complexity index is 537. The van der Waals surface area contributed by atoms with E-state index in [-0.39, 0.29) is 0 Å². The van der Waals surface area contributed by atoms with Gasteiger partial charge in [0.05, 0.1) is 11.4 Å². The average molecular weight is 283 g/mol. The summed E-state index contributed by atoms with van der Waals surface area (Å²) in [5.41, 5.74) is 3.56. The molecule has 0 spiro atoms. The molecule has 1 heterocycles. The first-order valence-electron chi connectivity index (χ1n) is 7.54. The van der Waals surface area contributed by atoms with Crippen LogP contribution in [0.2, 0.25) is 0 Å². The van der Waals surface area contributed by atoms with Gasteiger partial charge < -0.3 is 5.32 Å². The van der Waals surface area contributed by atoms with Crippen molar-refractivity contribution in [1.29, 1.82) is 0 Å². The molecule has 3 heteroatoms. The molecule has 3 nitrogen and oxygen atoms in total. The molecule has 1 aromatic carbocycles. The van der Waals surface area contributed by atoms with E-state index in [4.69, 9.17) is 4.98 Å². The third-order valence-electron chi connectivity index (χ3n) is 3.28. The number of nitrogens with zero attached hydrogens (tertiary/aromatic N) is 2. The Hall–Kier alpha value is -1.71. The van der Waals surface area contributed by atoms with Crippen LogP contribution in [-0.2, 0) is 19.6 Å². The summed E-state index contributed by atoms with van der Waals surface area (Å²) in [6.45, 7) is 6.93. The Labute approximate surface area is 128 Å². The number of benzene rings is 1. The van der Waals surface area contributed by atoms with Crippen molar-refractivity contribution in [2.75, 3.05) is 7.05 Å². The summed E-state index contributed by atoms with van der Waals surface area (Å²) in [4.78, 5) is 7.01. The summed E-state index contributed by atoms with van der Waals surface area (Å²) in [5.74, 6) is 0. The Balaban J connectivity index is 1.91. The lowest BCUT2D eigenvalue weighted by molar-refractivity contribution is 0.314. The van der Waals surface area contributed by atoms with Crippen molar-refractivity contribution < 1.29 is 0 Å². The quantitative estimate of drug-likeness (QED) is 0.845. The third-order valence-corrected chi connectivity index (χ3v) is 3.28. The minimum atomic E-state index is 0.483. The van der Waals surface area contributed by atoms with E-state index in [2.05, 4.69) is 79.6 Å². The number of rotatable bonds is 7. The largest absolute Gasteiger partial charge is 0.309 e. The number of nitrogens with one attached hydrogen (secondary N) is 1. The van der Waals surface area contributed by atoms with Crippen LogP contribution in [0.5, 0.6) is 0 Å². The molecule has 0 saturated heterocycles. The summed E-state index contributed by atoms with van der Waals surface area (Å²) in [6, 6.07) is 17.3. The molecule has 0 fully saturated rings. The molecule has 2 aromatic rings. The van der Waals surface area contributed by atoms with Gasteiger partial charge in [-0.15, -0.1) is 0 Å². The fourth-order valence-electron chi connectivity index (χ4n) is 2.25. The van der Waals surface area contributed by atoms with E-state index < -0.39 is 0 Å². The van der Waals surface area contributed by atoms with E-state index in [9.17, 15) is 0 Å². The highest BCUT2D eigenvalue weighted by Crippen LogP contribution is 2.07. The second-order valence-electron chi connectivity index (χ2n) is 5.81. The minimum Gasteiger partial charge on any atom is -0.309 e. The molecule has 0 atom stereocenters. The third kappa shape index (κ3) is 5.66. The topological polar surface area (TPSA) is 28.2 Å². The van der Waals surface area contributed by atoms with Gasteiger partial charge in [-0.2, -0.15) is 0 Å². The minimum absolute atomic E-state index is 0.483. The van der Waals surface area contributed by atoms with Gasteiger partial charge in [0.15, 0.2) is 0 Å². The van der Waals surface area contributed by atoms with Crippen LogP contribution in [0.4, 0.5) is 0 Å². The zero-order valence-corrected chi connectivity index (χ0v) is 13.2. The van der Waals surface area contributed by atoms with Gasteiger partial charge in [0.25, 0.3) is 0 Å². The van der Waals surface area contributed by atoms with E-state index in [1.165, 1.54) is 5.56 Å². The molecule has 0 amide bonds. The highest BCUT2D eigenvalue weighted by Gasteiger charge is 2.04. The van der Waals surface area contributed by atoms with Crippen LogP contribution in [0.3, 0.4) is 0 Å². The summed E-state index contributed by atoms with van der Waals surface area (Å²) < 4.78 is 0. The molecule has 2 rings (SSSR count). The van der Waals surface area contributed by atoms with Crippen molar-refractivity contribution in [2.45, 2.75) is 39.5 Å². The summed E-state index contributed by atoms with van der Waals surface area (Å²) >= 11 is 0. The van der Waals surface area contributed by atoms with Crippen molar-refractivity contribution in [3.8, 4) is 0 Å². The normalized spacial score (nSPS) is 11.3. The van der Waals surface area contributed by atoms with Crippen LogP contribution in [0.25, 0.3) is 0 Å². The highest BCUT2D eigenvalue weighted by molar-refractivity contribution is 5.15. The standard InChI is InChI=1S/C18H25N3/c1-15(2)19-12-17-10-7-11-18(20-17)14-21(3)13-16-8-5-4-6-9-16/h4-11,15,19H,12-14H2,1-3H3. The van der Waals surface area contributed by atoms with Gasteiger partial charge in [-0.25, -0.2) is 0 Å². The zero-order chi connectivity index (χ0) is 15.1. The highest BCUT2D eigenvalue weighted by atomic mass is 15.1. The Morgan fingerprint density at radius 3 is 2.38 bits per heavy atom. The molecular weight excluding hydrogens is 258 g/mol. The predicted molar refractivity (Wildman–Crippen MR) is 87.8 cm³/mol. The Morgan fingerprint density at radius 2 is 1.67 bits per heavy atom. The average Bonchev–Trinajstić information content (AvgIpc) is 2.46. The van der Waals surface area contributed by atoms with Gasteiger partial charge in [0, 0.05) is 25.7 Å². The summed E-state index contributed by atoms with van der Waals surface area (Å²) in [5, 5.41) is 3.41. The van der Waals surface area contributed by atoms with Gasteiger partial charge in [-0.3, -0.25) is 9.88 Å². The van der Waals surface area contributed by atoms with Crippen LogP contribution in [0, 0.1) is 0 Å². The molecule has 0 aliphatic carbocycles. The molecule has 1 aromatic heterocycles. The van der Waals surface area contributed by atoms with E-state index in [0.717, 1.165) is 31.0 Å². The molecule has 0 saturated carbocycles. The predicted octanol–water partition coefficient (Wildman–Crippen LogP) is 3.21. The van der Waals surface area contributed by atoms with Crippen LogP contribution in [-0.4, -0.2) is 23.0 Å². The van der Waals surface area contributed by atoms with Crippen molar-refractivity contribution in [3.05, 3.63) is 65.5 Å². The monoisotopic (exact) mass is 283 g/mol. The maximum Gasteiger partial charge on any atom is 0.0547 e. The molecule has 0 unspecified atom stereocenters. The number of pyridine rings is 1. The lowest BCUT2D eigenvalue weighted by Crippen LogP contribution is -2.23. The molecule has 0 aliphatic heterocycles. The zero-order valence-electron chi connectivity index (χ0n) is 13.2. The van der Waals surface area contributed by atoms with Crippen LogP contribution >= 0.6 is 0 Å². The second-order valence-corrected chi connectivity index (χ2v) is 5.81. The molecule has 0 bridgehead atoms. The van der Waals surface area contributed by atoms with E-state index in [1.807, 2.05) is 0 Å². The first-order chi connectivity index (χ1) is 10.1. The molecule has 21 heavy (non-hydrogen) atoms. The molecule has 0 aliphatic rings. The maximum absolute atomic E-state index is 4.72. The van der Waals surface area contributed by atoms with Gasteiger partial charge >= 0.3 is 0 Å². The van der Waals surface area contributed by atoms with Gasteiger partial charge in [0.2, 0.25) is 0 Å². The first-order valence-corrected chi connectivity index (χ1v) is 7.54. The fraction of sp³-hybridized carbons (Fsp3) is 0.389. The van der Waals surface area contributed by atoms with Crippen molar-refractivity contribution in [2.24, 2.45) is 0 Å². The van der Waals surface area contributed by atoms with E-state index >= 15 is 0 Å². The maximum atomic E-state index is 4.72. The lowest BCUT2D eigenvalue weighted by Gasteiger charge is -2.17. The van der Waals surface area contributed by atoms with Crippen LogP contribution in [0.15, 0.2) is 48.5 Å². The first kappa shape index (κ1) is 15.7.